The Morgan fingerprint density at radius 1 is 1.50 bits per heavy atom. The maximum Gasteiger partial charge on any atom is 0.0920 e. The van der Waals surface area contributed by atoms with Crippen molar-refractivity contribution >= 4 is 0 Å². The van der Waals surface area contributed by atoms with Gasteiger partial charge >= 0.3 is 0 Å². The number of epoxide rings is 1. The molecule has 0 spiro atoms. The Hall–Kier alpha value is -0.0800. The molecule has 0 bridgehead atoms. The topological polar surface area (TPSA) is 32.8 Å². The SMILES string of the molecule is CC(C)(O)[C@H]1CC[C@@]2(C)O[C@H]2C1. The van der Waals surface area contributed by atoms with Gasteiger partial charge in [0.15, 0.2) is 0 Å². The van der Waals surface area contributed by atoms with Crippen LogP contribution in [0.5, 0.6) is 0 Å². The second-order valence-corrected chi connectivity index (χ2v) is 5.04. The number of aliphatic hydroxyl groups is 1. The number of hydrogen-bond donors (Lipinski definition) is 1. The summed E-state index contributed by atoms with van der Waals surface area (Å²) in [6.07, 6.45) is 3.70. The molecule has 0 unspecified atom stereocenters. The van der Waals surface area contributed by atoms with Gasteiger partial charge in [0.1, 0.15) is 0 Å². The molecule has 2 nitrogen and oxygen atoms in total. The zero-order valence-corrected chi connectivity index (χ0v) is 8.13. The third kappa shape index (κ3) is 1.27. The van der Waals surface area contributed by atoms with E-state index < -0.39 is 5.60 Å². The molecule has 3 atom stereocenters. The van der Waals surface area contributed by atoms with Crippen molar-refractivity contribution in [1.82, 2.24) is 0 Å². The summed E-state index contributed by atoms with van der Waals surface area (Å²) in [5.74, 6) is 0.429. The highest BCUT2D eigenvalue weighted by molar-refractivity contribution is 5.05. The lowest BCUT2D eigenvalue weighted by Gasteiger charge is -2.32. The maximum absolute atomic E-state index is 9.81. The van der Waals surface area contributed by atoms with E-state index in [0.717, 1.165) is 19.3 Å². The molecule has 1 saturated heterocycles. The summed E-state index contributed by atoms with van der Waals surface area (Å²) >= 11 is 0. The van der Waals surface area contributed by atoms with E-state index in [4.69, 9.17) is 4.74 Å². The quantitative estimate of drug-likeness (QED) is 0.608. The fourth-order valence-electron chi connectivity index (χ4n) is 2.29. The van der Waals surface area contributed by atoms with Crippen molar-refractivity contribution in [2.75, 3.05) is 0 Å². The second-order valence-electron chi connectivity index (χ2n) is 5.04. The Morgan fingerprint density at radius 2 is 2.17 bits per heavy atom. The van der Waals surface area contributed by atoms with Crippen molar-refractivity contribution < 1.29 is 9.84 Å². The largest absolute Gasteiger partial charge is 0.390 e. The van der Waals surface area contributed by atoms with Gasteiger partial charge in [-0.2, -0.15) is 0 Å². The Balaban J connectivity index is 1.98. The summed E-state index contributed by atoms with van der Waals surface area (Å²) in [4.78, 5) is 0. The molecule has 1 aliphatic carbocycles. The molecule has 70 valence electrons. The zero-order valence-electron chi connectivity index (χ0n) is 8.13. The molecule has 2 fully saturated rings. The molecule has 2 heteroatoms. The molecule has 0 radical (unpaired) electrons. The molecule has 1 saturated carbocycles. The first-order valence-corrected chi connectivity index (χ1v) is 4.82. The van der Waals surface area contributed by atoms with Gasteiger partial charge in [-0.15, -0.1) is 0 Å². The monoisotopic (exact) mass is 170 g/mol. The van der Waals surface area contributed by atoms with Crippen LogP contribution in [0.3, 0.4) is 0 Å². The van der Waals surface area contributed by atoms with Crippen molar-refractivity contribution in [3.8, 4) is 0 Å². The van der Waals surface area contributed by atoms with Crippen LogP contribution in [0.2, 0.25) is 0 Å². The fraction of sp³-hybridized carbons (Fsp3) is 1.00. The van der Waals surface area contributed by atoms with Crippen LogP contribution < -0.4 is 0 Å². The average molecular weight is 170 g/mol. The molecule has 0 aromatic rings. The maximum atomic E-state index is 9.81. The van der Waals surface area contributed by atoms with Crippen molar-refractivity contribution in [3.63, 3.8) is 0 Å². The minimum absolute atomic E-state index is 0.182. The van der Waals surface area contributed by atoms with Crippen LogP contribution in [-0.4, -0.2) is 22.4 Å². The molecule has 1 heterocycles. The lowest BCUT2D eigenvalue weighted by atomic mass is 9.75. The van der Waals surface area contributed by atoms with Crippen LogP contribution in [0.1, 0.15) is 40.0 Å². The van der Waals surface area contributed by atoms with E-state index in [2.05, 4.69) is 6.92 Å². The first kappa shape index (κ1) is 8.52. The third-order valence-corrected chi connectivity index (χ3v) is 3.52. The van der Waals surface area contributed by atoms with Gasteiger partial charge < -0.3 is 9.84 Å². The molecule has 1 N–H and O–H groups in total. The number of fused-ring (bicyclic) bond motifs is 1. The molecule has 2 rings (SSSR count). The van der Waals surface area contributed by atoms with Crippen molar-refractivity contribution in [2.24, 2.45) is 5.92 Å². The zero-order chi connectivity index (χ0) is 8.98. The van der Waals surface area contributed by atoms with Gasteiger partial charge in [-0.1, -0.05) is 0 Å². The van der Waals surface area contributed by atoms with Gasteiger partial charge in [0.2, 0.25) is 0 Å². The summed E-state index contributed by atoms with van der Waals surface area (Å²) < 4.78 is 5.58. The van der Waals surface area contributed by atoms with Crippen LogP contribution in [0, 0.1) is 5.92 Å². The second kappa shape index (κ2) is 2.24. The predicted molar refractivity (Wildman–Crippen MR) is 46.9 cm³/mol. The van der Waals surface area contributed by atoms with Crippen molar-refractivity contribution in [1.29, 1.82) is 0 Å². The fourth-order valence-corrected chi connectivity index (χ4v) is 2.29. The summed E-state index contributed by atoms with van der Waals surface area (Å²) in [5, 5.41) is 9.81. The van der Waals surface area contributed by atoms with Gasteiger partial charge in [-0.3, -0.25) is 0 Å². The Labute approximate surface area is 73.9 Å². The third-order valence-electron chi connectivity index (χ3n) is 3.52. The van der Waals surface area contributed by atoms with E-state index >= 15 is 0 Å². The molecule has 2 aliphatic rings. The molecule has 0 amide bonds. The molecular formula is C10H18O2. The Morgan fingerprint density at radius 3 is 2.67 bits per heavy atom. The molecule has 0 aromatic heterocycles. The number of hydrogen-bond acceptors (Lipinski definition) is 2. The molecular weight excluding hydrogens is 152 g/mol. The lowest BCUT2D eigenvalue weighted by Crippen LogP contribution is -2.36. The molecule has 12 heavy (non-hydrogen) atoms. The molecule has 0 aromatic carbocycles. The van der Waals surface area contributed by atoms with Gasteiger partial charge in [0, 0.05) is 0 Å². The van der Waals surface area contributed by atoms with Crippen LogP contribution in [0.4, 0.5) is 0 Å². The Kier molecular flexibility index (Phi) is 1.59. The normalized spacial score (nSPS) is 47.0. The van der Waals surface area contributed by atoms with E-state index in [1.165, 1.54) is 0 Å². The lowest BCUT2D eigenvalue weighted by molar-refractivity contribution is 0.00186. The highest BCUT2D eigenvalue weighted by Gasteiger charge is 2.56. The first-order valence-electron chi connectivity index (χ1n) is 4.82. The van der Waals surface area contributed by atoms with E-state index in [-0.39, 0.29) is 5.60 Å². The van der Waals surface area contributed by atoms with Crippen LogP contribution in [-0.2, 0) is 4.74 Å². The minimum atomic E-state index is -0.521. The van der Waals surface area contributed by atoms with Gasteiger partial charge in [0.05, 0.1) is 17.3 Å². The smallest absolute Gasteiger partial charge is 0.0920 e. The number of ether oxygens (including phenoxy) is 1. The van der Waals surface area contributed by atoms with Gasteiger partial charge in [-0.25, -0.2) is 0 Å². The van der Waals surface area contributed by atoms with Crippen molar-refractivity contribution in [2.45, 2.75) is 57.3 Å². The van der Waals surface area contributed by atoms with Gasteiger partial charge in [0.25, 0.3) is 0 Å². The van der Waals surface area contributed by atoms with Crippen LogP contribution in [0.25, 0.3) is 0 Å². The minimum Gasteiger partial charge on any atom is -0.390 e. The highest BCUT2D eigenvalue weighted by atomic mass is 16.6. The summed E-state index contributed by atoms with van der Waals surface area (Å²) in [6, 6.07) is 0. The first-order chi connectivity index (χ1) is 5.42. The molecule has 1 aliphatic heterocycles. The average Bonchev–Trinajstić information content (AvgIpc) is 2.56. The van der Waals surface area contributed by atoms with Gasteiger partial charge in [-0.05, 0) is 46.0 Å². The van der Waals surface area contributed by atoms with Crippen molar-refractivity contribution in [3.05, 3.63) is 0 Å². The van der Waals surface area contributed by atoms with E-state index in [1.807, 2.05) is 13.8 Å². The summed E-state index contributed by atoms with van der Waals surface area (Å²) in [5.41, 5.74) is -0.338. The summed E-state index contributed by atoms with van der Waals surface area (Å²) in [6.45, 7) is 5.99. The van der Waals surface area contributed by atoms with Crippen LogP contribution in [0.15, 0.2) is 0 Å². The van der Waals surface area contributed by atoms with Crippen LogP contribution >= 0.6 is 0 Å². The van der Waals surface area contributed by atoms with E-state index in [0.29, 0.717) is 12.0 Å². The Bertz CT molecular complexity index is 195. The van der Waals surface area contributed by atoms with E-state index in [1.54, 1.807) is 0 Å². The predicted octanol–water partition coefficient (Wildman–Crippen LogP) is 1.71. The summed E-state index contributed by atoms with van der Waals surface area (Å²) in [7, 11) is 0. The van der Waals surface area contributed by atoms with E-state index in [9.17, 15) is 5.11 Å². The number of rotatable bonds is 1. The standard InChI is InChI=1S/C10H18O2/c1-9(2,11)7-4-5-10(3)8(6-7)12-10/h7-8,11H,4-6H2,1-3H3/t7-,8-,10+/m0/s1. The highest BCUT2D eigenvalue weighted by Crippen LogP contribution is 2.51.